The Morgan fingerprint density at radius 1 is 1.21 bits per heavy atom. The van der Waals surface area contributed by atoms with E-state index in [9.17, 15) is 4.79 Å². The van der Waals surface area contributed by atoms with Crippen LogP contribution >= 0.6 is 0 Å². The molecule has 1 aromatic carbocycles. The van der Waals surface area contributed by atoms with Gasteiger partial charge >= 0.3 is 0 Å². The number of carbonyl (C=O) groups is 1. The van der Waals surface area contributed by atoms with Crippen molar-refractivity contribution < 1.29 is 4.79 Å². The van der Waals surface area contributed by atoms with Gasteiger partial charge in [-0.3, -0.25) is 4.79 Å². The van der Waals surface area contributed by atoms with Crippen LogP contribution in [0.5, 0.6) is 0 Å². The van der Waals surface area contributed by atoms with Crippen LogP contribution in [0.3, 0.4) is 0 Å². The lowest BCUT2D eigenvalue weighted by molar-refractivity contribution is 0.0699. The van der Waals surface area contributed by atoms with Gasteiger partial charge in [-0.25, -0.2) is 9.97 Å². The molecule has 5 nitrogen and oxygen atoms in total. The average molecular weight is 389 g/mol. The minimum atomic E-state index is 0.0932. The molecule has 0 bridgehead atoms. The molecule has 1 atom stereocenters. The number of hydrogen-bond donors (Lipinski definition) is 1. The molecule has 0 aliphatic carbocycles. The summed E-state index contributed by atoms with van der Waals surface area (Å²) in [6.07, 6.45) is 4.81. The van der Waals surface area contributed by atoms with E-state index < -0.39 is 0 Å². The minimum Gasteiger partial charge on any atom is -0.354 e. The Labute approximate surface area is 172 Å². The number of aryl methyl sites for hydroxylation is 3. The van der Waals surface area contributed by atoms with Crippen LogP contribution in [0.25, 0.3) is 0 Å². The van der Waals surface area contributed by atoms with Crippen LogP contribution in [0, 0.1) is 20.8 Å². The Morgan fingerprint density at radius 2 is 2.00 bits per heavy atom. The number of aromatic nitrogens is 3. The molecule has 150 valence electrons. The average Bonchev–Trinajstić information content (AvgIpc) is 3.07. The molecular formula is C24H28N4O. The Hall–Kier alpha value is -2.95. The summed E-state index contributed by atoms with van der Waals surface area (Å²) in [7, 11) is 0. The van der Waals surface area contributed by atoms with Crippen molar-refractivity contribution in [2.24, 2.45) is 0 Å². The minimum absolute atomic E-state index is 0.0932. The first-order valence-electron chi connectivity index (χ1n) is 10.3. The zero-order valence-electron chi connectivity index (χ0n) is 17.4. The maximum Gasteiger partial charge on any atom is 0.270 e. The molecule has 4 rings (SSSR count). The number of H-pyrrole nitrogens is 1. The quantitative estimate of drug-likeness (QED) is 0.723. The first kappa shape index (κ1) is 19.4. The normalized spacial score (nSPS) is 16.8. The van der Waals surface area contributed by atoms with Crippen LogP contribution in [-0.2, 0) is 6.42 Å². The molecule has 1 saturated heterocycles. The van der Waals surface area contributed by atoms with Gasteiger partial charge in [0.15, 0.2) is 0 Å². The van der Waals surface area contributed by atoms with E-state index in [1.807, 2.05) is 44.0 Å². The van der Waals surface area contributed by atoms with Gasteiger partial charge in [-0.15, -0.1) is 0 Å². The molecule has 3 heterocycles. The lowest BCUT2D eigenvalue weighted by Gasteiger charge is -2.33. The number of rotatable bonds is 4. The fraction of sp³-hybridized carbons (Fsp3) is 0.375. The molecule has 1 amide bonds. The molecule has 0 saturated carbocycles. The number of nitrogens with zero attached hydrogens (tertiary/aromatic N) is 3. The first-order valence-corrected chi connectivity index (χ1v) is 10.3. The van der Waals surface area contributed by atoms with Crippen molar-refractivity contribution in [3.05, 3.63) is 82.2 Å². The van der Waals surface area contributed by atoms with Gasteiger partial charge < -0.3 is 9.88 Å². The summed E-state index contributed by atoms with van der Waals surface area (Å²) < 4.78 is 0. The van der Waals surface area contributed by atoms with Gasteiger partial charge in [0.1, 0.15) is 11.5 Å². The van der Waals surface area contributed by atoms with Gasteiger partial charge in [-0.1, -0.05) is 30.3 Å². The molecular weight excluding hydrogens is 360 g/mol. The Kier molecular flexibility index (Phi) is 5.47. The van der Waals surface area contributed by atoms with E-state index in [-0.39, 0.29) is 11.8 Å². The second-order valence-electron chi connectivity index (χ2n) is 8.09. The summed E-state index contributed by atoms with van der Waals surface area (Å²) in [5.41, 5.74) is 6.26. The summed E-state index contributed by atoms with van der Waals surface area (Å²) in [6, 6.07) is 12.5. The maximum absolute atomic E-state index is 13.1. The van der Waals surface area contributed by atoms with Gasteiger partial charge in [0.25, 0.3) is 5.91 Å². The van der Waals surface area contributed by atoms with E-state index in [0.717, 1.165) is 54.1 Å². The van der Waals surface area contributed by atoms with Crippen LogP contribution in [-0.4, -0.2) is 38.8 Å². The third kappa shape index (κ3) is 4.24. The lowest BCUT2D eigenvalue weighted by Crippen LogP contribution is -2.40. The lowest BCUT2D eigenvalue weighted by atomic mass is 9.90. The van der Waals surface area contributed by atoms with E-state index >= 15 is 0 Å². The van der Waals surface area contributed by atoms with Crippen molar-refractivity contribution in [1.82, 2.24) is 19.9 Å². The standard InChI is InChI=1S/C24H28N4O/c1-16-12-17(2)26-22(16)24(29)28-11-7-10-20(15-28)23-21(14-25-18(3)27-23)13-19-8-5-4-6-9-19/h4-6,8-9,12,14,20,26H,7,10-11,13,15H2,1-3H3/t20-/m1/s1. The fourth-order valence-corrected chi connectivity index (χ4v) is 4.31. The molecule has 1 fully saturated rings. The van der Waals surface area contributed by atoms with Crippen LogP contribution in [0.4, 0.5) is 0 Å². The van der Waals surface area contributed by atoms with Crippen LogP contribution < -0.4 is 0 Å². The maximum atomic E-state index is 13.1. The van der Waals surface area contributed by atoms with Gasteiger partial charge in [-0.2, -0.15) is 0 Å². The van der Waals surface area contributed by atoms with Gasteiger partial charge in [-0.05, 0) is 56.4 Å². The molecule has 29 heavy (non-hydrogen) atoms. The fourth-order valence-electron chi connectivity index (χ4n) is 4.31. The molecule has 0 spiro atoms. The highest BCUT2D eigenvalue weighted by molar-refractivity contribution is 5.94. The smallest absolute Gasteiger partial charge is 0.270 e. The van der Waals surface area contributed by atoms with Crippen molar-refractivity contribution in [1.29, 1.82) is 0 Å². The predicted octanol–water partition coefficient (Wildman–Crippen LogP) is 4.34. The second kappa shape index (κ2) is 8.19. The van der Waals surface area contributed by atoms with Crippen LogP contribution in [0.15, 0.2) is 42.6 Å². The van der Waals surface area contributed by atoms with Crippen LogP contribution in [0.2, 0.25) is 0 Å². The number of aromatic amines is 1. The molecule has 0 unspecified atom stereocenters. The van der Waals surface area contributed by atoms with Gasteiger partial charge in [0.05, 0.1) is 5.69 Å². The number of hydrogen-bond acceptors (Lipinski definition) is 3. The van der Waals surface area contributed by atoms with Crippen molar-refractivity contribution in [2.45, 2.75) is 46.0 Å². The first-order chi connectivity index (χ1) is 14.0. The number of likely N-dealkylation sites (tertiary alicyclic amines) is 1. The Bertz CT molecular complexity index is 1010. The molecule has 1 aliphatic heterocycles. The number of carbonyl (C=O) groups excluding carboxylic acids is 1. The number of nitrogens with one attached hydrogen (secondary N) is 1. The zero-order valence-corrected chi connectivity index (χ0v) is 17.4. The summed E-state index contributed by atoms with van der Waals surface area (Å²) in [5.74, 6) is 1.12. The van der Waals surface area contributed by atoms with E-state index in [2.05, 4.69) is 34.2 Å². The number of benzene rings is 1. The van der Waals surface area contributed by atoms with Crippen molar-refractivity contribution in [3.63, 3.8) is 0 Å². The highest BCUT2D eigenvalue weighted by atomic mass is 16.2. The third-order valence-electron chi connectivity index (χ3n) is 5.71. The van der Waals surface area contributed by atoms with E-state index in [4.69, 9.17) is 4.98 Å². The van der Waals surface area contributed by atoms with Gasteiger partial charge in [0, 0.05) is 37.3 Å². The van der Waals surface area contributed by atoms with E-state index in [1.165, 1.54) is 5.56 Å². The highest BCUT2D eigenvalue weighted by Gasteiger charge is 2.29. The third-order valence-corrected chi connectivity index (χ3v) is 5.71. The molecule has 0 radical (unpaired) electrons. The summed E-state index contributed by atoms with van der Waals surface area (Å²) in [4.78, 5) is 27.6. The SMILES string of the molecule is Cc1ncc(Cc2ccccc2)c([C@@H]2CCCN(C(=O)c3[nH]c(C)cc3C)C2)n1. The molecule has 1 N–H and O–H groups in total. The molecule has 5 heteroatoms. The van der Waals surface area contributed by atoms with Crippen molar-refractivity contribution in [3.8, 4) is 0 Å². The predicted molar refractivity (Wildman–Crippen MR) is 114 cm³/mol. The summed E-state index contributed by atoms with van der Waals surface area (Å²) in [5, 5.41) is 0. The summed E-state index contributed by atoms with van der Waals surface area (Å²) in [6.45, 7) is 7.42. The van der Waals surface area contributed by atoms with E-state index in [0.29, 0.717) is 12.2 Å². The molecule has 2 aromatic heterocycles. The largest absolute Gasteiger partial charge is 0.354 e. The number of amides is 1. The van der Waals surface area contributed by atoms with E-state index in [1.54, 1.807) is 0 Å². The highest BCUT2D eigenvalue weighted by Crippen LogP contribution is 2.30. The van der Waals surface area contributed by atoms with Gasteiger partial charge in [0.2, 0.25) is 0 Å². The molecule has 1 aliphatic rings. The van der Waals surface area contributed by atoms with Crippen molar-refractivity contribution >= 4 is 5.91 Å². The molecule has 3 aromatic rings. The van der Waals surface area contributed by atoms with Crippen molar-refractivity contribution in [2.75, 3.05) is 13.1 Å². The monoisotopic (exact) mass is 388 g/mol. The summed E-state index contributed by atoms with van der Waals surface area (Å²) >= 11 is 0. The zero-order chi connectivity index (χ0) is 20.4. The topological polar surface area (TPSA) is 61.9 Å². The Morgan fingerprint density at radius 3 is 2.72 bits per heavy atom. The second-order valence-corrected chi connectivity index (χ2v) is 8.09. The van der Waals surface area contributed by atoms with Crippen LogP contribution in [0.1, 0.15) is 63.2 Å². The number of piperidine rings is 1. The Balaban J connectivity index is 1.59.